The average molecular weight is 222 g/mol. The third kappa shape index (κ3) is 5.64. The lowest BCUT2D eigenvalue weighted by atomic mass is 10.3. The molecule has 1 aliphatic rings. The summed E-state index contributed by atoms with van der Waals surface area (Å²) in [6, 6.07) is 0.511. The van der Waals surface area contributed by atoms with Crippen LogP contribution in [0.25, 0.3) is 0 Å². The smallest absolute Gasteiger partial charge is 0.287 e. The fourth-order valence-electron chi connectivity index (χ4n) is 1.05. The van der Waals surface area contributed by atoms with Gasteiger partial charge in [-0.1, -0.05) is 0 Å². The van der Waals surface area contributed by atoms with Crippen molar-refractivity contribution in [3.8, 4) is 0 Å². The minimum Gasteiger partial charge on any atom is -0.390 e. The standard InChI is InChI=1S/C9H16F2N2O2/c10-9(11,6-14)5-13-8(15)3-4-12-7-1-2-7/h7,12,14H,1-6H2,(H,13,15). The minimum atomic E-state index is -3.22. The molecule has 0 bridgehead atoms. The van der Waals surface area contributed by atoms with Crippen molar-refractivity contribution < 1.29 is 18.7 Å². The molecule has 1 saturated carbocycles. The average Bonchev–Trinajstić information content (AvgIpc) is 2.99. The Hall–Kier alpha value is -0.750. The fourth-order valence-corrected chi connectivity index (χ4v) is 1.05. The molecule has 0 aliphatic heterocycles. The normalized spacial score (nSPS) is 16.5. The molecular formula is C9H16F2N2O2. The van der Waals surface area contributed by atoms with Gasteiger partial charge in [0.2, 0.25) is 5.91 Å². The number of rotatable bonds is 7. The lowest BCUT2D eigenvalue weighted by Gasteiger charge is -2.13. The molecule has 0 aromatic carbocycles. The molecule has 0 aromatic heterocycles. The van der Waals surface area contributed by atoms with Gasteiger partial charge in [0.1, 0.15) is 6.61 Å². The number of aliphatic hydroxyl groups is 1. The van der Waals surface area contributed by atoms with E-state index in [1.807, 2.05) is 0 Å². The topological polar surface area (TPSA) is 61.4 Å². The summed E-state index contributed by atoms with van der Waals surface area (Å²) in [5.74, 6) is -3.64. The quantitative estimate of drug-likeness (QED) is 0.562. The summed E-state index contributed by atoms with van der Waals surface area (Å²) in [6.07, 6.45) is 2.45. The zero-order chi connectivity index (χ0) is 11.3. The first-order valence-electron chi connectivity index (χ1n) is 5.02. The molecule has 4 nitrogen and oxygen atoms in total. The van der Waals surface area contributed by atoms with Gasteiger partial charge in [0.05, 0.1) is 6.54 Å². The Morgan fingerprint density at radius 2 is 2.13 bits per heavy atom. The summed E-state index contributed by atoms with van der Waals surface area (Å²) in [7, 11) is 0. The van der Waals surface area contributed by atoms with Crippen LogP contribution >= 0.6 is 0 Å². The monoisotopic (exact) mass is 222 g/mol. The highest BCUT2D eigenvalue weighted by atomic mass is 19.3. The highest BCUT2D eigenvalue weighted by Gasteiger charge is 2.28. The molecule has 0 atom stereocenters. The van der Waals surface area contributed by atoms with Gasteiger partial charge < -0.3 is 15.7 Å². The van der Waals surface area contributed by atoms with Gasteiger partial charge in [0.15, 0.2) is 0 Å². The van der Waals surface area contributed by atoms with Crippen molar-refractivity contribution in [3.05, 3.63) is 0 Å². The van der Waals surface area contributed by atoms with Gasteiger partial charge in [-0.2, -0.15) is 0 Å². The van der Waals surface area contributed by atoms with Gasteiger partial charge in [-0.3, -0.25) is 4.79 Å². The summed E-state index contributed by atoms with van der Waals surface area (Å²) in [6.45, 7) is -1.53. The Bertz CT molecular complexity index is 220. The van der Waals surface area contributed by atoms with E-state index in [4.69, 9.17) is 5.11 Å². The van der Waals surface area contributed by atoms with Gasteiger partial charge in [-0.05, 0) is 12.8 Å². The molecule has 0 heterocycles. The van der Waals surface area contributed by atoms with Crippen LogP contribution in [0.4, 0.5) is 8.78 Å². The summed E-state index contributed by atoms with van der Waals surface area (Å²) >= 11 is 0. The minimum absolute atomic E-state index is 0.192. The van der Waals surface area contributed by atoms with Gasteiger partial charge in [-0.15, -0.1) is 0 Å². The summed E-state index contributed by atoms with van der Waals surface area (Å²) < 4.78 is 25.0. The van der Waals surface area contributed by atoms with Crippen LogP contribution in [0.5, 0.6) is 0 Å². The zero-order valence-electron chi connectivity index (χ0n) is 8.43. The van der Waals surface area contributed by atoms with Gasteiger partial charge in [0.25, 0.3) is 5.92 Å². The number of amides is 1. The molecule has 1 amide bonds. The van der Waals surface area contributed by atoms with Crippen LogP contribution < -0.4 is 10.6 Å². The Morgan fingerprint density at radius 1 is 1.47 bits per heavy atom. The maximum atomic E-state index is 12.5. The van der Waals surface area contributed by atoms with E-state index in [0.717, 1.165) is 12.8 Å². The maximum Gasteiger partial charge on any atom is 0.287 e. The number of carbonyl (C=O) groups excluding carboxylic acids is 1. The van der Waals surface area contributed by atoms with Crippen molar-refractivity contribution in [2.75, 3.05) is 19.7 Å². The van der Waals surface area contributed by atoms with Crippen LogP contribution in [0.2, 0.25) is 0 Å². The molecule has 0 spiro atoms. The van der Waals surface area contributed by atoms with E-state index >= 15 is 0 Å². The van der Waals surface area contributed by atoms with Crippen LogP contribution in [-0.4, -0.2) is 42.7 Å². The van der Waals surface area contributed by atoms with Crippen molar-refractivity contribution in [1.29, 1.82) is 0 Å². The van der Waals surface area contributed by atoms with E-state index in [1.165, 1.54) is 0 Å². The molecule has 0 radical (unpaired) electrons. The summed E-state index contributed by atoms with van der Waals surface area (Å²) in [5.41, 5.74) is 0. The number of nitrogens with one attached hydrogen (secondary N) is 2. The maximum absolute atomic E-state index is 12.5. The van der Waals surface area contributed by atoms with E-state index in [-0.39, 0.29) is 6.42 Å². The molecular weight excluding hydrogens is 206 g/mol. The van der Waals surface area contributed by atoms with Crippen LogP contribution in [0.3, 0.4) is 0 Å². The Balaban J connectivity index is 2.01. The second-order valence-electron chi connectivity index (χ2n) is 3.77. The van der Waals surface area contributed by atoms with Gasteiger partial charge >= 0.3 is 0 Å². The van der Waals surface area contributed by atoms with Crippen molar-refractivity contribution >= 4 is 5.91 Å². The van der Waals surface area contributed by atoms with Crippen LogP contribution in [-0.2, 0) is 4.79 Å². The van der Waals surface area contributed by atoms with E-state index in [0.29, 0.717) is 12.6 Å². The predicted molar refractivity (Wildman–Crippen MR) is 50.7 cm³/mol. The van der Waals surface area contributed by atoms with Crippen molar-refractivity contribution in [2.24, 2.45) is 0 Å². The third-order valence-electron chi connectivity index (χ3n) is 2.14. The molecule has 0 aromatic rings. The molecule has 6 heteroatoms. The van der Waals surface area contributed by atoms with Gasteiger partial charge in [-0.25, -0.2) is 8.78 Å². The lowest BCUT2D eigenvalue weighted by molar-refractivity contribution is -0.123. The highest BCUT2D eigenvalue weighted by Crippen LogP contribution is 2.18. The van der Waals surface area contributed by atoms with Crippen LogP contribution in [0.15, 0.2) is 0 Å². The highest BCUT2D eigenvalue weighted by molar-refractivity contribution is 5.76. The number of hydrogen-bond donors (Lipinski definition) is 3. The Labute approximate surface area is 87.0 Å². The number of alkyl halides is 2. The van der Waals surface area contributed by atoms with Crippen molar-refractivity contribution in [3.63, 3.8) is 0 Å². The second-order valence-corrected chi connectivity index (χ2v) is 3.77. The van der Waals surface area contributed by atoms with Gasteiger partial charge in [0, 0.05) is 19.0 Å². The summed E-state index contributed by atoms with van der Waals surface area (Å²) in [4.78, 5) is 11.0. The Morgan fingerprint density at radius 3 is 2.67 bits per heavy atom. The predicted octanol–water partition coefficient (Wildman–Crippen LogP) is -0.128. The molecule has 1 fully saturated rings. The molecule has 1 rings (SSSR count). The van der Waals surface area contributed by atoms with Crippen molar-refractivity contribution in [1.82, 2.24) is 10.6 Å². The SMILES string of the molecule is O=C(CCNC1CC1)NCC(F)(F)CO. The number of aliphatic hydroxyl groups excluding tert-OH is 1. The van der Waals surface area contributed by atoms with Crippen LogP contribution in [0.1, 0.15) is 19.3 Å². The molecule has 3 N–H and O–H groups in total. The lowest BCUT2D eigenvalue weighted by Crippen LogP contribution is -2.39. The second kappa shape index (κ2) is 5.37. The zero-order valence-corrected chi connectivity index (χ0v) is 8.43. The number of carbonyl (C=O) groups is 1. The largest absolute Gasteiger partial charge is 0.390 e. The fraction of sp³-hybridized carbons (Fsp3) is 0.889. The number of halogens is 2. The van der Waals surface area contributed by atoms with E-state index in [9.17, 15) is 13.6 Å². The van der Waals surface area contributed by atoms with E-state index < -0.39 is 25.0 Å². The first-order valence-corrected chi connectivity index (χ1v) is 5.02. The first-order chi connectivity index (χ1) is 7.03. The molecule has 0 saturated heterocycles. The summed E-state index contributed by atoms with van der Waals surface area (Å²) in [5, 5.41) is 13.4. The molecule has 0 unspecified atom stereocenters. The third-order valence-corrected chi connectivity index (χ3v) is 2.14. The van der Waals surface area contributed by atoms with Crippen molar-refractivity contribution in [2.45, 2.75) is 31.2 Å². The first kappa shape index (κ1) is 12.3. The Kier molecular flexibility index (Phi) is 4.41. The molecule has 88 valence electrons. The van der Waals surface area contributed by atoms with Crippen LogP contribution in [0, 0.1) is 0 Å². The molecule has 1 aliphatic carbocycles. The molecule has 15 heavy (non-hydrogen) atoms. The number of hydrogen-bond acceptors (Lipinski definition) is 3. The van der Waals surface area contributed by atoms with E-state index in [1.54, 1.807) is 0 Å². The van der Waals surface area contributed by atoms with E-state index in [2.05, 4.69) is 10.6 Å².